The Morgan fingerprint density at radius 1 is 0.957 bits per heavy atom. The lowest BCUT2D eigenvalue weighted by atomic mass is 9.86. The third kappa shape index (κ3) is 3.31. The molecule has 0 radical (unpaired) electrons. The molecular weight excluding hydrogens is 331 g/mol. The van der Waals surface area contributed by atoms with Crippen LogP contribution in [0.25, 0.3) is 0 Å². The maximum Gasteiger partial charge on any atom is 0.220 e. The number of hydrogen-bond acceptors (Lipinski definition) is 3. The summed E-state index contributed by atoms with van der Waals surface area (Å²) < 4.78 is 5.41. The Morgan fingerprint density at radius 3 is 2.39 bits per heavy atom. The molecule has 23 heavy (non-hydrogen) atoms. The van der Waals surface area contributed by atoms with Crippen molar-refractivity contribution < 1.29 is 4.74 Å². The highest BCUT2D eigenvalue weighted by atomic mass is 35.5. The fraction of sp³-hybridized carbons (Fsp3) is 0.111. The third-order valence-corrected chi connectivity index (χ3v) is 4.22. The van der Waals surface area contributed by atoms with Gasteiger partial charge in [-0.3, -0.25) is 0 Å². The molecule has 116 valence electrons. The molecule has 5 heteroatoms. The predicted octanol–water partition coefficient (Wildman–Crippen LogP) is 4.97. The molecule has 0 N–H and O–H groups in total. The van der Waals surface area contributed by atoms with Crippen LogP contribution in [0.5, 0.6) is 5.88 Å². The Labute approximate surface area is 144 Å². The van der Waals surface area contributed by atoms with Crippen LogP contribution in [-0.4, -0.2) is 17.1 Å². The second kappa shape index (κ2) is 6.99. The van der Waals surface area contributed by atoms with Gasteiger partial charge in [-0.1, -0.05) is 53.5 Å². The molecule has 0 unspecified atom stereocenters. The van der Waals surface area contributed by atoms with E-state index < -0.39 is 0 Å². The first-order valence-electron chi connectivity index (χ1n) is 7.04. The van der Waals surface area contributed by atoms with Crippen LogP contribution < -0.4 is 4.74 Å². The molecular formula is C18H14Cl2N2O. The van der Waals surface area contributed by atoms with Gasteiger partial charge in [-0.05, 0) is 29.3 Å². The highest BCUT2D eigenvalue weighted by Crippen LogP contribution is 2.38. The summed E-state index contributed by atoms with van der Waals surface area (Å²) in [6.07, 6.45) is 3.22. The van der Waals surface area contributed by atoms with Crippen LogP contribution in [0.15, 0.2) is 61.1 Å². The zero-order valence-electron chi connectivity index (χ0n) is 12.4. The Kier molecular flexibility index (Phi) is 4.79. The fourth-order valence-corrected chi connectivity index (χ4v) is 2.96. The molecule has 3 rings (SSSR count). The van der Waals surface area contributed by atoms with Crippen LogP contribution in [-0.2, 0) is 0 Å². The van der Waals surface area contributed by atoms with Gasteiger partial charge in [0.1, 0.15) is 6.33 Å². The molecule has 1 heterocycles. The van der Waals surface area contributed by atoms with Crippen molar-refractivity contribution in [3.05, 3.63) is 87.8 Å². The summed E-state index contributed by atoms with van der Waals surface area (Å²) >= 11 is 12.5. The van der Waals surface area contributed by atoms with Gasteiger partial charge in [0.05, 0.1) is 7.11 Å². The molecule has 0 spiro atoms. The van der Waals surface area contributed by atoms with Crippen molar-refractivity contribution in [3.63, 3.8) is 0 Å². The maximum atomic E-state index is 6.44. The lowest BCUT2D eigenvalue weighted by Gasteiger charge is -2.21. The molecule has 0 aliphatic heterocycles. The van der Waals surface area contributed by atoms with Crippen LogP contribution >= 0.6 is 23.2 Å². The van der Waals surface area contributed by atoms with Gasteiger partial charge in [-0.25, -0.2) is 9.97 Å². The summed E-state index contributed by atoms with van der Waals surface area (Å²) in [6, 6.07) is 15.4. The Morgan fingerprint density at radius 2 is 1.70 bits per heavy atom. The van der Waals surface area contributed by atoms with Crippen molar-refractivity contribution in [1.82, 2.24) is 9.97 Å². The molecule has 0 aliphatic carbocycles. The molecule has 0 aliphatic rings. The minimum Gasteiger partial charge on any atom is -0.481 e. The molecule has 3 aromatic rings. The van der Waals surface area contributed by atoms with Crippen LogP contribution in [0.1, 0.15) is 22.6 Å². The predicted molar refractivity (Wildman–Crippen MR) is 92.4 cm³/mol. The van der Waals surface area contributed by atoms with Crippen molar-refractivity contribution >= 4 is 23.2 Å². The lowest BCUT2D eigenvalue weighted by Crippen LogP contribution is -2.07. The van der Waals surface area contributed by atoms with Gasteiger partial charge >= 0.3 is 0 Å². The Hall–Kier alpha value is -2.10. The Bertz CT molecular complexity index is 806. The summed E-state index contributed by atoms with van der Waals surface area (Å²) in [6.45, 7) is 0. The smallest absolute Gasteiger partial charge is 0.220 e. The molecule has 0 amide bonds. The van der Waals surface area contributed by atoms with E-state index in [0.717, 1.165) is 16.7 Å². The average molecular weight is 345 g/mol. The minimum atomic E-state index is -0.142. The quantitative estimate of drug-likeness (QED) is 0.669. The first-order chi connectivity index (χ1) is 11.2. The van der Waals surface area contributed by atoms with Crippen molar-refractivity contribution in [2.45, 2.75) is 5.92 Å². The monoisotopic (exact) mass is 344 g/mol. The molecule has 3 nitrogen and oxygen atoms in total. The number of ether oxygens (including phenoxy) is 1. The van der Waals surface area contributed by atoms with Gasteiger partial charge in [-0.2, -0.15) is 0 Å². The zero-order valence-corrected chi connectivity index (χ0v) is 13.9. The lowest BCUT2D eigenvalue weighted by molar-refractivity contribution is 0.390. The van der Waals surface area contributed by atoms with Crippen molar-refractivity contribution in [2.75, 3.05) is 7.11 Å². The van der Waals surface area contributed by atoms with Gasteiger partial charge in [-0.15, -0.1) is 0 Å². The van der Waals surface area contributed by atoms with E-state index in [2.05, 4.69) is 9.97 Å². The first-order valence-corrected chi connectivity index (χ1v) is 7.80. The zero-order chi connectivity index (χ0) is 16.2. The van der Waals surface area contributed by atoms with Crippen LogP contribution in [0, 0.1) is 0 Å². The van der Waals surface area contributed by atoms with Crippen LogP contribution in [0.3, 0.4) is 0 Å². The summed E-state index contributed by atoms with van der Waals surface area (Å²) in [4.78, 5) is 8.37. The first kappa shape index (κ1) is 15.8. The van der Waals surface area contributed by atoms with E-state index in [4.69, 9.17) is 27.9 Å². The van der Waals surface area contributed by atoms with E-state index in [1.54, 1.807) is 13.3 Å². The van der Waals surface area contributed by atoms with Crippen molar-refractivity contribution in [2.24, 2.45) is 0 Å². The Balaban J connectivity index is 2.22. The SMILES string of the molecule is COc1ncncc1[C@@H](c1ccc(Cl)cc1)c1ccccc1Cl. The van der Waals surface area contributed by atoms with Crippen LogP contribution in [0.2, 0.25) is 10.0 Å². The minimum absolute atomic E-state index is 0.142. The van der Waals surface area contributed by atoms with Gasteiger partial charge in [0.15, 0.2) is 0 Å². The van der Waals surface area contributed by atoms with Gasteiger partial charge < -0.3 is 4.74 Å². The molecule has 0 saturated carbocycles. The molecule has 0 fully saturated rings. The number of hydrogen-bond donors (Lipinski definition) is 0. The number of methoxy groups -OCH3 is 1. The van der Waals surface area contributed by atoms with Gasteiger partial charge in [0.25, 0.3) is 0 Å². The van der Waals surface area contributed by atoms with E-state index in [-0.39, 0.29) is 5.92 Å². The standard InChI is InChI=1S/C18H14Cl2N2O/c1-23-18-15(10-21-11-22-18)17(12-6-8-13(19)9-7-12)14-4-2-3-5-16(14)20/h2-11,17H,1H3/t17-/m0/s1. The maximum absolute atomic E-state index is 6.44. The number of nitrogens with zero attached hydrogens (tertiary/aromatic N) is 2. The second-order valence-electron chi connectivity index (χ2n) is 4.99. The van der Waals surface area contributed by atoms with Gasteiger partial charge in [0.2, 0.25) is 5.88 Å². The topological polar surface area (TPSA) is 35.0 Å². The van der Waals surface area contributed by atoms with Crippen LogP contribution in [0.4, 0.5) is 0 Å². The molecule has 1 aromatic heterocycles. The van der Waals surface area contributed by atoms with Crippen molar-refractivity contribution in [1.29, 1.82) is 0 Å². The number of halogens is 2. The third-order valence-electron chi connectivity index (χ3n) is 3.63. The summed E-state index contributed by atoms with van der Waals surface area (Å²) in [5.41, 5.74) is 2.85. The summed E-state index contributed by atoms with van der Waals surface area (Å²) in [5, 5.41) is 1.36. The molecule has 0 saturated heterocycles. The highest BCUT2D eigenvalue weighted by Gasteiger charge is 2.23. The molecule has 0 bridgehead atoms. The van der Waals surface area contributed by atoms with Gasteiger partial charge in [0, 0.05) is 27.7 Å². The van der Waals surface area contributed by atoms with Crippen molar-refractivity contribution in [3.8, 4) is 5.88 Å². The summed E-state index contributed by atoms with van der Waals surface area (Å²) in [7, 11) is 1.59. The van der Waals surface area contributed by atoms with E-state index in [1.165, 1.54) is 6.33 Å². The highest BCUT2D eigenvalue weighted by molar-refractivity contribution is 6.31. The van der Waals surface area contributed by atoms with E-state index in [1.807, 2.05) is 48.5 Å². The number of benzene rings is 2. The van der Waals surface area contributed by atoms with E-state index >= 15 is 0 Å². The van der Waals surface area contributed by atoms with E-state index in [9.17, 15) is 0 Å². The average Bonchev–Trinajstić information content (AvgIpc) is 2.59. The fourth-order valence-electron chi connectivity index (χ4n) is 2.59. The number of aromatic nitrogens is 2. The molecule has 2 aromatic carbocycles. The molecule has 1 atom stereocenters. The second-order valence-corrected chi connectivity index (χ2v) is 5.84. The largest absolute Gasteiger partial charge is 0.481 e. The normalized spacial score (nSPS) is 12.0. The summed E-state index contributed by atoms with van der Waals surface area (Å²) in [5.74, 6) is 0.386. The van der Waals surface area contributed by atoms with E-state index in [0.29, 0.717) is 15.9 Å². The number of rotatable bonds is 4.